The molecular weight excluding hydrogens is 499 g/mol. The largest absolute Gasteiger partial charge is 0.486 e. The molecule has 0 aromatic heterocycles. The Morgan fingerprint density at radius 3 is 2.54 bits per heavy atom. The van der Waals surface area contributed by atoms with Gasteiger partial charge in [-0.25, -0.2) is 9.18 Å². The van der Waals surface area contributed by atoms with E-state index in [1.54, 1.807) is 23.1 Å². The van der Waals surface area contributed by atoms with Gasteiger partial charge >= 0.3 is 6.03 Å². The van der Waals surface area contributed by atoms with Crippen LogP contribution < -0.4 is 15.4 Å². The minimum atomic E-state index is -0.535. The molecule has 0 radical (unpaired) electrons. The van der Waals surface area contributed by atoms with Crippen LogP contribution in [-0.4, -0.2) is 72.3 Å². The Bertz CT molecular complexity index is 1120. The molecule has 39 heavy (non-hydrogen) atoms. The quantitative estimate of drug-likeness (QED) is 0.428. The molecule has 1 heterocycles. The Hall–Kier alpha value is -3.17. The van der Waals surface area contributed by atoms with E-state index < -0.39 is 11.8 Å². The maximum absolute atomic E-state index is 13.6. The smallest absolute Gasteiger partial charge is 0.323 e. The van der Waals surface area contributed by atoms with Crippen molar-refractivity contribution in [3.8, 4) is 5.75 Å². The van der Waals surface area contributed by atoms with Crippen LogP contribution in [0.1, 0.15) is 56.3 Å². The molecule has 3 atom stereocenters. The van der Waals surface area contributed by atoms with Crippen LogP contribution in [0.2, 0.25) is 0 Å². The Labute approximate surface area is 230 Å². The number of ether oxygens (including phenoxy) is 1. The topological polar surface area (TPSA) is 94.1 Å². The second-order valence-corrected chi connectivity index (χ2v) is 11.1. The lowest BCUT2D eigenvalue weighted by atomic mass is 9.89. The van der Waals surface area contributed by atoms with E-state index in [0.29, 0.717) is 41.7 Å². The fraction of sp³-hybridized carbons (Fsp3) is 0.533. The summed E-state index contributed by atoms with van der Waals surface area (Å²) in [5.74, 6) is 0.322. The molecule has 0 unspecified atom stereocenters. The molecule has 2 aromatic carbocycles. The van der Waals surface area contributed by atoms with Gasteiger partial charge in [-0.05, 0) is 69.1 Å². The number of carbonyl (C=O) groups is 2. The summed E-state index contributed by atoms with van der Waals surface area (Å²) in [6.07, 6.45) is 6.14. The number of amides is 3. The van der Waals surface area contributed by atoms with Gasteiger partial charge < -0.3 is 30.3 Å². The second-order valence-electron chi connectivity index (χ2n) is 11.1. The van der Waals surface area contributed by atoms with E-state index in [1.807, 2.05) is 6.92 Å². The number of fused-ring (bicyclic) bond motifs is 1. The first-order valence-electron chi connectivity index (χ1n) is 14.0. The summed E-state index contributed by atoms with van der Waals surface area (Å²) in [5.41, 5.74) is 1.14. The van der Waals surface area contributed by atoms with Gasteiger partial charge in [0, 0.05) is 31.2 Å². The van der Waals surface area contributed by atoms with Crippen molar-refractivity contribution in [3.05, 3.63) is 53.8 Å². The van der Waals surface area contributed by atoms with Crippen LogP contribution in [-0.2, 0) is 0 Å². The van der Waals surface area contributed by atoms with Gasteiger partial charge in [0.1, 0.15) is 11.9 Å². The molecule has 9 heteroatoms. The van der Waals surface area contributed by atoms with Crippen molar-refractivity contribution >= 4 is 23.3 Å². The summed E-state index contributed by atoms with van der Waals surface area (Å²) in [6.45, 7) is 5.85. The lowest BCUT2D eigenvalue weighted by Gasteiger charge is -2.39. The monoisotopic (exact) mass is 540 g/mol. The van der Waals surface area contributed by atoms with Gasteiger partial charge in [-0.2, -0.15) is 0 Å². The zero-order valence-electron chi connectivity index (χ0n) is 23.2. The number of carbonyl (C=O) groups excluding carboxylic acids is 2. The minimum Gasteiger partial charge on any atom is -0.486 e. The van der Waals surface area contributed by atoms with E-state index in [2.05, 4.69) is 29.5 Å². The van der Waals surface area contributed by atoms with Crippen molar-refractivity contribution < 1.29 is 23.8 Å². The van der Waals surface area contributed by atoms with Crippen molar-refractivity contribution in [1.82, 2.24) is 9.80 Å². The van der Waals surface area contributed by atoms with Crippen LogP contribution >= 0.6 is 0 Å². The highest BCUT2D eigenvalue weighted by atomic mass is 19.1. The third kappa shape index (κ3) is 7.48. The van der Waals surface area contributed by atoms with Gasteiger partial charge in [0.25, 0.3) is 5.91 Å². The van der Waals surface area contributed by atoms with Gasteiger partial charge in [0.2, 0.25) is 0 Å². The van der Waals surface area contributed by atoms with E-state index in [0.717, 1.165) is 6.54 Å². The molecule has 2 aromatic rings. The van der Waals surface area contributed by atoms with Gasteiger partial charge in [-0.15, -0.1) is 0 Å². The van der Waals surface area contributed by atoms with Gasteiger partial charge in [-0.3, -0.25) is 4.79 Å². The summed E-state index contributed by atoms with van der Waals surface area (Å²) in [6, 6.07) is 9.66. The fourth-order valence-electron chi connectivity index (χ4n) is 5.57. The summed E-state index contributed by atoms with van der Waals surface area (Å²) in [5, 5.41) is 15.4. The van der Waals surface area contributed by atoms with E-state index in [1.165, 1.54) is 56.4 Å². The molecule has 8 nitrogen and oxygen atoms in total. The van der Waals surface area contributed by atoms with Crippen LogP contribution in [0, 0.1) is 17.7 Å². The number of rotatable bonds is 8. The lowest BCUT2D eigenvalue weighted by molar-refractivity contribution is 0.0333. The number of halogens is 1. The molecule has 212 valence electrons. The molecule has 1 saturated carbocycles. The van der Waals surface area contributed by atoms with Gasteiger partial charge in [0.15, 0.2) is 5.75 Å². The first-order valence-corrected chi connectivity index (χ1v) is 14.0. The molecule has 1 fully saturated rings. The number of urea groups is 1. The maximum Gasteiger partial charge on any atom is 0.323 e. The summed E-state index contributed by atoms with van der Waals surface area (Å²) in [4.78, 5) is 30.5. The SMILES string of the molecule is C[C@@H]1CN([C@H](C)CO)C(=O)c2cccc(NC(=O)Nc3ccc(F)cc3)c2O[C@H]1CN(C)CC1CCCCC1. The molecular formula is C30H41FN4O4. The van der Waals surface area contributed by atoms with Crippen molar-refractivity contribution in [2.45, 2.75) is 58.1 Å². The zero-order valence-corrected chi connectivity index (χ0v) is 23.2. The molecule has 1 aliphatic carbocycles. The Kier molecular flexibility index (Phi) is 9.80. The summed E-state index contributed by atoms with van der Waals surface area (Å²) >= 11 is 0. The number of aliphatic hydroxyl groups excluding tert-OH is 1. The maximum atomic E-state index is 13.6. The van der Waals surface area contributed by atoms with E-state index in [4.69, 9.17) is 4.74 Å². The number of nitrogens with one attached hydrogen (secondary N) is 2. The van der Waals surface area contributed by atoms with Gasteiger partial charge in [0.05, 0.1) is 23.9 Å². The second kappa shape index (κ2) is 13.3. The number of likely N-dealkylation sites (N-methyl/N-ethyl adjacent to an activating group) is 1. The first kappa shape index (κ1) is 28.8. The number of hydrogen-bond donors (Lipinski definition) is 3. The highest BCUT2D eigenvalue weighted by Gasteiger charge is 2.35. The third-order valence-corrected chi connectivity index (χ3v) is 7.83. The molecule has 0 spiro atoms. The van der Waals surface area contributed by atoms with Crippen LogP contribution in [0.5, 0.6) is 5.75 Å². The minimum absolute atomic E-state index is 0.0222. The predicted molar refractivity (Wildman–Crippen MR) is 151 cm³/mol. The van der Waals surface area contributed by atoms with Crippen molar-refractivity contribution in [2.75, 3.05) is 43.9 Å². The number of para-hydroxylation sites is 1. The van der Waals surface area contributed by atoms with E-state index in [-0.39, 0.29) is 30.6 Å². The summed E-state index contributed by atoms with van der Waals surface area (Å²) < 4.78 is 19.9. The highest BCUT2D eigenvalue weighted by molar-refractivity contribution is 6.04. The third-order valence-electron chi connectivity index (χ3n) is 7.83. The Morgan fingerprint density at radius 2 is 1.85 bits per heavy atom. The number of nitrogens with zero attached hydrogens (tertiary/aromatic N) is 2. The van der Waals surface area contributed by atoms with Crippen LogP contribution in [0.3, 0.4) is 0 Å². The predicted octanol–water partition coefficient (Wildman–Crippen LogP) is 5.20. The average Bonchev–Trinajstić information content (AvgIpc) is 2.92. The van der Waals surface area contributed by atoms with Crippen LogP contribution in [0.15, 0.2) is 42.5 Å². The van der Waals surface area contributed by atoms with Gasteiger partial charge in [-0.1, -0.05) is 32.3 Å². The molecule has 2 aliphatic rings. The molecule has 3 N–H and O–H groups in total. The Morgan fingerprint density at radius 1 is 1.13 bits per heavy atom. The lowest BCUT2D eigenvalue weighted by Crippen LogP contribution is -2.50. The average molecular weight is 541 g/mol. The van der Waals surface area contributed by atoms with Crippen LogP contribution in [0.4, 0.5) is 20.6 Å². The van der Waals surface area contributed by atoms with Crippen molar-refractivity contribution in [2.24, 2.45) is 11.8 Å². The molecule has 0 saturated heterocycles. The standard InChI is InChI=1S/C30H41FN4O4/c1-20-16-35(21(2)19-36)29(37)25-10-7-11-26(33-30(38)32-24-14-12-23(31)13-15-24)28(25)39-27(20)18-34(3)17-22-8-5-4-6-9-22/h7,10-15,20-22,27,36H,4-6,8-9,16-19H2,1-3H3,(H2,32,33,38)/t20-,21-,27+/m1/s1. The highest BCUT2D eigenvalue weighted by Crippen LogP contribution is 2.35. The van der Waals surface area contributed by atoms with Crippen molar-refractivity contribution in [3.63, 3.8) is 0 Å². The number of aliphatic hydroxyl groups is 1. The number of anilines is 2. The summed E-state index contributed by atoms with van der Waals surface area (Å²) in [7, 11) is 2.12. The molecule has 0 bridgehead atoms. The molecule has 1 aliphatic heterocycles. The number of benzene rings is 2. The van der Waals surface area contributed by atoms with Crippen LogP contribution in [0.25, 0.3) is 0 Å². The normalized spacial score (nSPS) is 21.0. The zero-order chi connectivity index (χ0) is 27.9. The fourth-order valence-corrected chi connectivity index (χ4v) is 5.57. The van der Waals surface area contributed by atoms with Crippen molar-refractivity contribution in [1.29, 1.82) is 0 Å². The first-order chi connectivity index (χ1) is 18.7. The molecule has 3 amide bonds. The van der Waals surface area contributed by atoms with E-state index in [9.17, 15) is 19.1 Å². The molecule has 4 rings (SSSR count). The van der Waals surface area contributed by atoms with E-state index >= 15 is 0 Å². The number of hydrogen-bond acceptors (Lipinski definition) is 5. The Balaban J connectivity index is 1.59.